The first-order valence-electron chi connectivity index (χ1n) is 9.04. The number of pyridine rings is 1. The van der Waals surface area contributed by atoms with Crippen molar-refractivity contribution < 1.29 is 9.59 Å². The molecule has 24 heavy (non-hydrogen) atoms. The molecule has 1 saturated heterocycles. The minimum atomic E-state index is -0.0815. The lowest BCUT2D eigenvalue weighted by atomic mass is 9.94. The number of rotatable bonds is 4. The summed E-state index contributed by atoms with van der Waals surface area (Å²) in [5.41, 5.74) is 3.18. The van der Waals surface area contributed by atoms with E-state index < -0.39 is 0 Å². The van der Waals surface area contributed by atoms with Gasteiger partial charge in [-0.3, -0.25) is 14.6 Å². The molecule has 1 N–H and O–H groups in total. The van der Waals surface area contributed by atoms with Crippen molar-refractivity contribution in [2.75, 3.05) is 6.54 Å². The maximum atomic E-state index is 12.5. The zero-order valence-electron chi connectivity index (χ0n) is 14.7. The van der Waals surface area contributed by atoms with E-state index in [1.165, 1.54) is 12.8 Å². The number of carbonyl (C=O) groups excluding carboxylic acids is 2. The second kappa shape index (κ2) is 7.32. The van der Waals surface area contributed by atoms with Crippen molar-refractivity contribution in [2.45, 2.75) is 65.0 Å². The van der Waals surface area contributed by atoms with Gasteiger partial charge in [0.1, 0.15) is 0 Å². The Balaban J connectivity index is 1.57. The zero-order valence-corrected chi connectivity index (χ0v) is 14.7. The molecule has 2 fully saturated rings. The summed E-state index contributed by atoms with van der Waals surface area (Å²) in [5, 5.41) is 3.04. The molecular formula is C19H27N3O2. The molecule has 2 heterocycles. The second-order valence-corrected chi connectivity index (χ2v) is 7.19. The fraction of sp³-hybridized carbons (Fsp3) is 0.632. The van der Waals surface area contributed by atoms with E-state index in [9.17, 15) is 9.59 Å². The number of carbonyl (C=O) groups is 2. The highest BCUT2D eigenvalue weighted by Gasteiger charge is 2.35. The quantitative estimate of drug-likeness (QED) is 0.923. The summed E-state index contributed by atoms with van der Waals surface area (Å²) in [6.45, 7) is 5.09. The van der Waals surface area contributed by atoms with E-state index >= 15 is 0 Å². The smallest absolute Gasteiger partial charge is 0.225 e. The Morgan fingerprint density at radius 2 is 2.04 bits per heavy atom. The average Bonchev–Trinajstić information content (AvgIpc) is 3.08. The lowest BCUT2D eigenvalue weighted by Crippen LogP contribution is -2.49. The fourth-order valence-electron chi connectivity index (χ4n) is 3.89. The summed E-state index contributed by atoms with van der Waals surface area (Å²) < 4.78 is 0. The number of nitrogens with zero attached hydrogens (tertiary/aromatic N) is 2. The average molecular weight is 329 g/mol. The van der Waals surface area contributed by atoms with Crippen LogP contribution >= 0.6 is 0 Å². The van der Waals surface area contributed by atoms with Crippen LogP contribution in [0, 0.1) is 19.8 Å². The van der Waals surface area contributed by atoms with Gasteiger partial charge < -0.3 is 10.2 Å². The third kappa shape index (κ3) is 3.77. The zero-order chi connectivity index (χ0) is 17.1. The molecule has 0 spiro atoms. The van der Waals surface area contributed by atoms with Gasteiger partial charge in [0.25, 0.3) is 0 Å². The first kappa shape index (κ1) is 16.9. The van der Waals surface area contributed by atoms with Crippen molar-refractivity contribution in [2.24, 2.45) is 5.92 Å². The lowest BCUT2D eigenvalue weighted by molar-refractivity contribution is -0.140. The molecule has 3 rings (SSSR count). The van der Waals surface area contributed by atoms with E-state index in [-0.39, 0.29) is 17.7 Å². The Morgan fingerprint density at radius 3 is 2.75 bits per heavy atom. The number of piperidine rings is 1. The molecule has 0 bridgehead atoms. The van der Waals surface area contributed by atoms with E-state index in [0.29, 0.717) is 32.0 Å². The van der Waals surface area contributed by atoms with Gasteiger partial charge in [-0.25, -0.2) is 0 Å². The monoisotopic (exact) mass is 329 g/mol. The van der Waals surface area contributed by atoms with E-state index in [4.69, 9.17) is 0 Å². The van der Waals surface area contributed by atoms with Crippen molar-refractivity contribution in [1.29, 1.82) is 0 Å². The molecule has 5 nitrogen and oxygen atoms in total. The van der Waals surface area contributed by atoms with E-state index in [0.717, 1.165) is 29.7 Å². The highest BCUT2D eigenvalue weighted by Crippen LogP contribution is 2.28. The van der Waals surface area contributed by atoms with Gasteiger partial charge in [0.15, 0.2) is 0 Å². The summed E-state index contributed by atoms with van der Waals surface area (Å²) in [5.74, 6) is 0.206. The molecule has 1 aromatic heterocycles. The summed E-state index contributed by atoms with van der Waals surface area (Å²) in [4.78, 5) is 31.0. The van der Waals surface area contributed by atoms with Crippen LogP contribution in [-0.4, -0.2) is 34.3 Å². The molecule has 2 aliphatic rings. The van der Waals surface area contributed by atoms with Gasteiger partial charge in [0.05, 0.1) is 5.92 Å². The van der Waals surface area contributed by atoms with Crippen LogP contribution in [0.5, 0.6) is 0 Å². The normalized spacial score (nSPS) is 22.0. The Kier molecular flexibility index (Phi) is 5.17. The van der Waals surface area contributed by atoms with E-state index in [1.807, 2.05) is 31.0 Å². The molecule has 1 aliphatic carbocycles. The molecule has 130 valence electrons. The molecule has 2 amide bonds. The van der Waals surface area contributed by atoms with Crippen LogP contribution in [0.1, 0.15) is 55.3 Å². The van der Waals surface area contributed by atoms with Crippen LogP contribution in [0.15, 0.2) is 12.3 Å². The SMILES string of the molecule is Cc1cc(C)c(CNC(=O)[C@H]2CCC(=O)N(C3CCCC3)C2)cn1. The topological polar surface area (TPSA) is 62.3 Å². The molecule has 1 atom stereocenters. The summed E-state index contributed by atoms with van der Waals surface area (Å²) in [6, 6.07) is 2.39. The van der Waals surface area contributed by atoms with E-state index in [1.54, 1.807) is 0 Å². The van der Waals surface area contributed by atoms with Crippen molar-refractivity contribution >= 4 is 11.8 Å². The first-order chi connectivity index (χ1) is 11.5. The molecular weight excluding hydrogens is 302 g/mol. The molecule has 5 heteroatoms. The van der Waals surface area contributed by atoms with Gasteiger partial charge in [0, 0.05) is 37.4 Å². The van der Waals surface area contributed by atoms with Crippen LogP contribution < -0.4 is 5.32 Å². The molecule has 1 aliphatic heterocycles. The Morgan fingerprint density at radius 1 is 1.29 bits per heavy atom. The van der Waals surface area contributed by atoms with Gasteiger partial charge >= 0.3 is 0 Å². The number of nitrogens with one attached hydrogen (secondary N) is 1. The number of aryl methyl sites for hydroxylation is 2. The molecule has 0 radical (unpaired) electrons. The number of hydrogen-bond acceptors (Lipinski definition) is 3. The highest BCUT2D eigenvalue weighted by atomic mass is 16.2. The maximum absolute atomic E-state index is 12.5. The van der Waals surface area contributed by atoms with Crippen molar-refractivity contribution in [3.63, 3.8) is 0 Å². The van der Waals surface area contributed by atoms with Crippen molar-refractivity contribution in [3.8, 4) is 0 Å². The summed E-state index contributed by atoms with van der Waals surface area (Å²) in [7, 11) is 0. The van der Waals surface area contributed by atoms with Gasteiger partial charge in [0.2, 0.25) is 11.8 Å². The number of amides is 2. The van der Waals surface area contributed by atoms with Crippen molar-refractivity contribution in [3.05, 3.63) is 29.1 Å². The summed E-state index contributed by atoms with van der Waals surface area (Å²) >= 11 is 0. The predicted molar refractivity (Wildman–Crippen MR) is 92.3 cm³/mol. The Labute approximate surface area is 143 Å². The van der Waals surface area contributed by atoms with Gasteiger partial charge in [-0.05, 0) is 50.3 Å². The van der Waals surface area contributed by atoms with Gasteiger partial charge in [-0.15, -0.1) is 0 Å². The molecule has 0 unspecified atom stereocenters. The largest absolute Gasteiger partial charge is 0.352 e. The molecule has 0 aromatic carbocycles. The lowest BCUT2D eigenvalue weighted by Gasteiger charge is -2.36. The van der Waals surface area contributed by atoms with E-state index in [2.05, 4.69) is 10.3 Å². The van der Waals surface area contributed by atoms with Crippen LogP contribution in [0.25, 0.3) is 0 Å². The number of aromatic nitrogens is 1. The first-order valence-corrected chi connectivity index (χ1v) is 9.04. The number of hydrogen-bond donors (Lipinski definition) is 1. The summed E-state index contributed by atoms with van der Waals surface area (Å²) in [6.07, 6.45) is 7.58. The highest BCUT2D eigenvalue weighted by molar-refractivity contribution is 5.84. The van der Waals surface area contributed by atoms with Crippen LogP contribution in [0.2, 0.25) is 0 Å². The Bertz CT molecular complexity index is 623. The molecule has 1 saturated carbocycles. The minimum absolute atomic E-state index is 0.0606. The third-order valence-corrected chi connectivity index (χ3v) is 5.39. The second-order valence-electron chi connectivity index (χ2n) is 7.19. The van der Waals surface area contributed by atoms with Crippen molar-refractivity contribution in [1.82, 2.24) is 15.2 Å². The predicted octanol–water partition coefficient (Wildman–Crippen LogP) is 2.50. The Hall–Kier alpha value is -1.91. The third-order valence-electron chi connectivity index (χ3n) is 5.39. The maximum Gasteiger partial charge on any atom is 0.225 e. The van der Waals surface area contributed by atoms with Crippen LogP contribution in [0.4, 0.5) is 0 Å². The van der Waals surface area contributed by atoms with Crippen LogP contribution in [-0.2, 0) is 16.1 Å². The number of likely N-dealkylation sites (tertiary alicyclic amines) is 1. The minimum Gasteiger partial charge on any atom is -0.352 e. The standard InChI is InChI=1S/C19H27N3O2/c1-13-9-14(2)20-10-16(13)11-21-19(24)15-7-8-18(23)22(12-15)17-5-3-4-6-17/h9-10,15,17H,3-8,11-12H2,1-2H3,(H,21,24)/t15-/m0/s1. The van der Waals surface area contributed by atoms with Gasteiger partial charge in [-0.1, -0.05) is 12.8 Å². The van der Waals surface area contributed by atoms with Gasteiger partial charge in [-0.2, -0.15) is 0 Å². The molecule has 1 aromatic rings. The van der Waals surface area contributed by atoms with Crippen LogP contribution in [0.3, 0.4) is 0 Å². The fourth-order valence-corrected chi connectivity index (χ4v) is 3.89.